The predicted octanol–water partition coefficient (Wildman–Crippen LogP) is 3.46. The third-order valence-corrected chi connectivity index (χ3v) is 4.08. The van der Waals surface area contributed by atoms with E-state index >= 15 is 0 Å². The summed E-state index contributed by atoms with van der Waals surface area (Å²) >= 11 is 0. The Balaban J connectivity index is 2.08. The third kappa shape index (κ3) is 2.74. The van der Waals surface area contributed by atoms with Gasteiger partial charge in [0, 0.05) is 11.1 Å². The number of nitrogens with zero attached hydrogens (tertiary/aromatic N) is 2. The number of methoxy groups -OCH3 is 1. The van der Waals surface area contributed by atoms with Gasteiger partial charge in [0.1, 0.15) is 11.4 Å². The Kier molecular flexibility index (Phi) is 4.04. The van der Waals surface area contributed by atoms with Gasteiger partial charge in [-0.1, -0.05) is 17.3 Å². The number of aromatic nitrogens is 3. The number of aromatic carboxylic acids is 1. The van der Waals surface area contributed by atoms with Gasteiger partial charge in [-0.05, 0) is 49.2 Å². The molecule has 0 saturated heterocycles. The standard InChI is InChI=1S/C18H17N3O3/c1-10-8-14(9-15(24-3)11(10)2)17-16(19-21-20-17)12-4-6-13(7-5-12)18(22)23/h4-9H,1-3H3,(H,22,23)(H,19,20,21). The Morgan fingerprint density at radius 2 is 1.83 bits per heavy atom. The van der Waals surface area contributed by atoms with E-state index in [1.807, 2.05) is 26.0 Å². The number of H-pyrrole nitrogens is 1. The Morgan fingerprint density at radius 3 is 2.46 bits per heavy atom. The molecule has 0 spiro atoms. The van der Waals surface area contributed by atoms with Crippen molar-refractivity contribution in [2.24, 2.45) is 0 Å². The number of benzene rings is 2. The lowest BCUT2D eigenvalue weighted by atomic mass is 9.99. The third-order valence-electron chi connectivity index (χ3n) is 4.08. The Hall–Kier alpha value is -3.15. The molecule has 6 nitrogen and oxygen atoms in total. The van der Waals surface area contributed by atoms with Crippen LogP contribution in [0.4, 0.5) is 0 Å². The number of carboxylic acid groups (broad SMARTS) is 1. The average Bonchev–Trinajstić information content (AvgIpc) is 3.07. The van der Waals surface area contributed by atoms with E-state index in [0.717, 1.165) is 33.7 Å². The first-order valence-corrected chi connectivity index (χ1v) is 7.41. The zero-order valence-electron chi connectivity index (χ0n) is 13.6. The fourth-order valence-corrected chi connectivity index (χ4v) is 2.59. The van der Waals surface area contributed by atoms with Gasteiger partial charge in [0.2, 0.25) is 0 Å². The molecule has 6 heteroatoms. The van der Waals surface area contributed by atoms with E-state index in [9.17, 15) is 4.79 Å². The van der Waals surface area contributed by atoms with Gasteiger partial charge in [-0.15, -0.1) is 5.10 Å². The summed E-state index contributed by atoms with van der Waals surface area (Å²) in [5.41, 5.74) is 5.55. The number of ether oxygens (including phenoxy) is 1. The van der Waals surface area contributed by atoms with Crippen molar-refractivity contribution in [3.63, 3.8) is 0 Å². The number of aryl methyl sites for hydroxylation is 1. The van der Waals surface area contributed by atoms with E-state index in [1.54, 1.807) is 31.4 Å². The molecule has 3 aromatic rings. The maximum atomic E-state index is 11.0. The lowest BCUT2D eigenvalue weighted by Crippen LogP contribution is -1.95. The molecule has 122 valence electrons. The SMILES string of the molecule is COc1cc(-c2nn[nH]c2-c2ccc(C(=O)O)cc2)cc(C)c1C. The zero-order chi connectivity index (χ0) is 17.3. The molecule has 0 saturated carbocycles. The number of nitrogens with one attached hydrogen (secondary N) is 1. The van der Waals surface area contributed by atoms with Crippen LogP contribution in [0.15, 0.2) is 36.4 Å². The molecule has 0 unspecified atom stereocenters. The van der Waals surface area contributed by atoms with Crippen molar-refractivity contribution in [2.75, 3.05) is 7.11 Å². The van der Waals surface area contributed by atoms with E-state index in [1.165, 1.54) is 0 Å². The normalized spacial score (nSPS) is 10.6. The van der Waals surface area contributed by atoms with E-state index in [2.05, 4.69) is 15.4 Å². The number of hydrogen-bond donors (Lipinski definition) is 2. The fraction of sp³-hybridized carbons (Fsp3) is 0.167. The van der Waals surface area contributed by atoms with Crippen LogP contribution >= 0.6 is 0 Å². The molecule has 3 rings (SSSR count). The summed E-state index contributed by atoms with van der Waals surface area (Å²) in [7, 11) is 1.64. The Labute approximate surface area is 139 Å². The van der Waals surface area contributed by atoms with Gasteiger partial charge >= 0.3 is 5.97 Å². The zero-order valence-corrected chi connectivity index (χ0v) is 13.6. The molecule has 1 aromatic heterocycles. The first-order valence-electron chi connectivity index (χ1n) is 7.41. The maximum Gasteiger partial charge on any atom is 0.335 e. The van der Waals surface area contributed by atoms with Crippen LogP contribution in [0, 0.1) is 13.8 Å². The molecular formula is C18H17N3O3. The molecule has 1 heterocycles. The minimum absolute atomic E-state index is 0.237. The lowest BCUT2D eigenvalue weighted by Gasteiger charge is -2.10. The molecule has 0 atom stereocenters. The number of rotatable bonds is 4. The molecule has 0 fully saturated rings. The second kappa shape index (κ2) is 6.16. The molecule has 2 N–H and O–H groups in total. The fourth-order valence-electron chi connectivity index (χ4n) is 2.59. The Bertz CT molecular complexity index is 898. The smallest absolute Gasteiger partial charge is 0.335 e. The van der Waals surface area contributed by atoms with E-state index < -0.39 is 5.97 Å². The average molecular weight is 323 g/mol. The number of carboxylic acids is 1. The molecule has 0 aliphatic rings. The van der Waals surface area contributed by atoms with Crippen LogP contribution in [-0.4, -0.2) is 33.6 Å². The minimum atomic E-state index is -0.955. The topological polar surface area (TPSA) is 88.1 Å². The van der Waals surface area contributed by atoms with Gasteiger partial charge in [-0.2, -0.15) is 0 Å². The highest BCUT2D eigenvalue weighted by atomic mass is 16.5. The molecule has 0 amide bonds. The maximum absolute atomic E-state index is 11.0. The molecule has 24 heavy (non-hydrogen) atoms. The monoisotopic (exact) mass is 323 g/mol. The van der Waals surface area contributed by atoms with Crippen LogP contribution in [-0.2, 0) is 0 Å². The first-order chi connectivity index (χ1) is 11.5. The van der Waals surface area contributed by atoms with Gasteiger partial charge < -0.3 is 9.84 Å². The second-order valence-electron chi connectivity index (χ2n) is 5.54. The highest BCUT2D eigenvalue weighted by Gasteiger charge is 2.15. The highest BCUT2D eigenvalue weighted by molar-refractivity contribution is 5.88. The van der Waals surface area contributed by atoms with Crippen LogP contribution in [0.5, 0.6) is 5.75 Å². The van der Waals surface area contributed by atoms with Crippen LogP contribution < -0.4 is 4.74 Å². The Morgan fingerprint density at radius 1 is 1.12 bits per heavy atom. The van der Waals surface area contributed by atoms with Crippen molar-refractivity contribution in [3.05, 3.63) is 53.1 Å². The van der Waals surface area contributed by atoms with Gasteiger partial charge in [0.05, 0.1) is 18.4 Å². The summed E-state index contributed by atoms with van der Waals surface area (Å²) in [4.78, 5) is 11.0. The van der Waals surface area contributed by atoms with Crippen molar-refractivity contribution in [2.45, 2.75) is 13.8 Å². The van der Waals surface area contributed by atoms with Crippen molar-refractivity contribution in [1.29, 1.82) is 0 Å². The largest absolute Gasteiger partial charge is 0.496 e. The van der Waals surface area contributed by atoms with Crippen molar-refractivity contribution >= 4 is 5.97 Å². The molecule has 0 aliphatic carbocycles. The summed E-state index contributed by atoms with van der Waals surface area (Å²) in [5.74, 6) is -0.163. The first kappa shape index (κ1) is 15.7. The molecular weight excluding hydrogens is 306 g/mol. The van der Waals surface area contributed by atoms with Gasteiger partial charge in [0.25, 0.3) is 0 Å². The van der Waals surface area contributed by atoms with Crippen LogP contribution in [0.1, 0.15) is 21.5 Å². The van der Waals surface area contributed by atoms with Crippen LogP contribution in [0.2, 0.25) is 0 Å². The summed E-state index contributed by atoms with van der Waals surface area (Å²) in [6.45, 7) is 4.02. The predicted molar refractivity (Wildman–Crippen MR) is 90.2 cm³/mol. The number of aromatic amines is 1. The quantitative estimate of drug-likeness (QED) is 0.767. The summed E-state index contributed by atoms with van der Waals surface area (Å²) in [5, 5.41) is 20.0. The van der Waals surface area contributed by atoms with Gasteiger partial charge in [-0.3, -0.25) is 5.10 Å². The highest BCUT2D eigenvalue weighted by Crippen LogP contribution is 2.33. The van der Waals surface area contributed by atoms with Crippen molar-refractivity contribution in [1.82, 2.24) is 15.4 Å². The van der Waals surface area contributed by atoms with Gasteiger partial charge in [0.15, 0.2) is 0 Å². The van der Waals surface area contributed by atoms with Crippen molar-refractivity contribution in [3.8, 4) is 28.3 Å². The van der Waals surface area contributed by atoms with Crippen molar-refractivity contribution < 1.29 is 14.6 Å². The minimum Gasteiger partial charge on any atom is -0.496 e. The van der Waals surface area contributed by atoms with Crippen LogP contribution in [0.25, 0.3) is 22.5 Å². The lowest BCUT2D eigenvalue weighted by molar-refractivity contribution is 0.0697. The summed E-state index contributed by atoms with van der Waals surface area (Å²) < 4.78 is 5.43. The molecule has 2 aromatic carbocycles. The van der Waals surface area contributed by atoms with Gasteiger partial charge in [-0.25, -0.2) is 4.79 Å². The molecule has 0 bridgehead atoms. The summed E-state index contributed by atoms with van der Waals surface area (Å²) in [6.07, 6.45) is 0. The second-order valence-corrected chi connectivity index (χ2v) is 5.54. The van der Waals surface area contributed by atoms with E-state index in [4.69, 9.17) is 9.84 Å². The summed E-state index contributed by atoms with van der Waals surface area (Å²) in [6, 6.07) is 10.5. The molecule has 0 radical (unpaired) electrons. The molecule has 0 aliphatic heterocycles. The van der Waals surface area contributed by atoms with E-state index in [-0.39, 0.29) is 5.56 Å². The number of carbonyl (C=O) groups is 1. The van der Waals surface area contributed by atoms with Crippen LogP contribution in [0.3, 0.4) is 0 Å². The van der Waals surface area contributed by atoms with E-state index in [0.29, 0.717) is 5.69 Å². The number of hydrogen-bond acceptors (Lipinski definition) is 4.